The number of hydrogen-bond donors (Lipinski definition) is 1. The molecule has 0 heterocycles. The van der Waals surface area contributed by atoms with Gasteiger partial charge in [-0.2, -0.15) is 0 Å². The molecule has 1 N–H and O–H groups in total. The molecule has 0 saturated carbocycles. The van der Waals surface area contributed by atoms with Gasteiger partial charge in [0.2, 0.25) is 0 Å². The molecule has 0 radical (unpaired) electrons. The molecule has 0 fully saturated rings. The topological polar surface area (TPSA) is 38.7 Å². The average molecular weight is 532 g/mol. The zero-order valence-electron chi connectivity index (χ0n) is 10.1. The fourth-order valence-corrected chi connectivity index (χ4v) is 3.55. The van der Waals surface area contributed by atoms with Crippen LogP contribution in [0.25, 0.3) is 0 Å². The van der Waals surface area contributed by atoms with E-state index in [1.54, 1.807) is 19.2 Å². The monoisotopic (exact) mass is 528 g/mol. The standard InChI is InChI=1S/C13H8Br4O3/c1-19-13-9(16)2-6(14)3-11(13)20-7-4-8(15)12(17)10(18)5-7/h2-5,18H,1H3. The Hall–Kier alpha value is -0.240. The van der Waals surface area contributed by atoms with Gasteiger partial charge < -0.3 is 14.6 Å². The van der Waals surface area contributed by atoms with Crippen LogP contribution in [0, 0.1) is 0 Å². The summed E-state index contributed by atoms with van der Waals surface area (Å²) in [5.74, 6) is 1.68. The highest BCUT2D eigenvalue weighted by Crippen LogP contribution is 2.42. The molecule has 2 aromatic carbocycles. The first-order valence-corrected chi connectivity index (χ1v) is 8.48. The van der Waals surface area contributed by atoms with Crippen LogP contribution in [0.1, 0.15) is 0 Å². The zero-order valence-corrected chi connectivity index (χ0v) is 16.4. The molecule has 2 aromatic rings. The van der Waals surface area contributed by atoms with E-state index in [0.717, 1.165) is 8.95 Å². The summed E-state index contributed by atoms with van der Waals surface area (Å²) in [4.78, 5) is 0. The van der Waals surface area contributed by atoms with Gasteiger partial charge in [-0.3, -0.25) is 0 Å². The number of methoxy groups -OCH3 is 1. The van der Waals surface area contributed by atoms with Crippen LogP contribution >= 0.6 is 63.7 Å². The van der Waals surface area contributed by atoms with E-state index in [0.29, 0.717) is 26.2 Å². The lowest BCUT2D eigenvalue weighted by Gasteiger charge is -2.13. The first-order valence-electron chi connectivity index (χ1n) is 5.31. The molecule has 0 amide bonds. The predicted octanol–water partition coefficient (Wildman–Crippen LogP) is 6.24. The summed E-state index contributed by atoms with van der Waals surface area (Å²) in [7, 11) is 1.57. The minimum atomic E-state index is 0.0856. The molecule has 20 heavy (non-hydrogen) atoms. The quantitative estimate of drug-likeness (QED) is 0.509. The number of halogens is 4. The Morgan fingerprint density at radius 3 is 2.25 bits per heavy atom. The van der Waals surface area contributed by atoms with E-state index in [4.69, 9.17) is 9.47 Å². The van der Waals surface area contributed by atoms with Crippen molar-refractivity contribution in [1.29, 1.82) is 0 Å². The summed E-state index contributed by atoms with van der Waals surface area (Å²) in [5, 5.41) is 9.79. The lowest BCUT2D eigenvalue weighted by atomic mass is 10.3. The Bertz CT molecular complexity index is 635. The highest BCUT2D eigenvalue weighted by molar-refractivity contribution is 9.13. The third-order valence-electron chi connectivity index (χ3n) is 2.39. The highest BCUT2D eigenvalue weighted by atomic mass is 79.9. The van der Waals surface area contributed by atoms with Crippen molar-refractivity contribution in [2.75, 3.05) is 7.11 Å². The second-order valence-electron chi connectivity index (χ2n) is 3.76. The lowest BCUT2D eigenvalue weighted by molar-refractivity contribution is 0.375. The van der Waals surface area contributed by atoms with E-state index in [1.165, 1.54) is 6.07 Å². The molecular weight excluding hydrogens is 524 g/mol. The first-order chi connectivity index (χ1) is 9.42. The molecule has 0 spiro atoms. The molecule has 106 valence electrons. The third-order valence-corrected chi connectivity index (χ3v) is 5.43. The Balaban J connectivity index is 2.44. The molecular formula is C13H8Br4O3. The van der Waals surface area contributed by atoms with Crippen LogP contribution in [0.2, 0.25) is 0 Å². The minimum absolute atomic E-state index is 0.0856. The molecule has 0 atom stereocenters. The van der Waals surface area contributed by atoms with E-state index in [1.807, 2.05) is 6.07 Å². The van der Waals surface area contributed by atoms with Gasteiger partial charge in [-0.15, -0.1) is 0 Å². The van der Waals surface area contributed by atoms with E-state index in [-0.39, 0.29) is 5.75 Å². The summed E-state index contributed by atoms with van der Waals surface area (Å²) in [6.07, 6.45) is 0. The highest BCUT2D eigenvalue weighted by Gasteiger charge is 2.13. The average Bonchev–Trinajstić information content (AvgIpc) is 2.35. The Labute approximate surface area is 149 Å². The smallest absolute Gasteiger partial charge is 0.175 e. The van der Waals surface area contributed by atoms with Crippen LogP contribution in [0.15, 0.2) is 42.2 Å². The van der Waals surface area contributed by atoms with Gasteiger partial charge in [0.05, 0.1) is 16.1 Å². The van der Waals surface area contributed by atoms with Crippen molar-refractivity contribution >= 4 is 63.7 Å². The fourth-order valence-electron chi connectivity index (χ4n) is 1.55. The van der Waals surface area contributed by atoms with Crippen LogP contribution in [0.3, 0.4) is 0 Å². The van der Waals surface area contributed by atoms with E-state index in [9.17, 15) is 5.11 Å². The number of phenolic OH excluding ortho intramolecular Hbond substituents is 1. The van der Waals surface area contributed by atoms with E-state index >= 15 is 0 Å². The Morgan fingerprint density at radius 2 is 1.65 bits per heavy atom. The molecule has 7 heteroatoms. The van der Waals surface area contributed by atoms with Crippen molar-refractivity contribution in [2.24, 2.45) is 0 Å². The number of ether oxygens (including phenoxy) is 2. The van der Waals surface area contributed by atoms with Gasteiger partial charge in [0.25, 0.3) is 0 Å². The van der Waals surface area contributed by atoms with Crippen molar-refractivity contribution in [2.45, 2.75) is 0 Å². The fraction of sp³-hybridized carbons (Fsp3) is 0.0769. The molecule has 0 bridgehead atoms. The van der Waals surface area contributed by atoms with Crippen LogP contribution in [-0.2, 0) is 0 Å². The first kappa shape index (κ1) is 16.1. The van der Waals surface area contributed by atoms with E-state index < -0.39 is 0 Å². The minimum Gasteiger partial charge on any atom is -0.507 e. The number of rotatable bonds is 3. The predicted molar refractivity (Wildman–Crippen MR) is 92.0 cm³/mol. The van der Waals surface area contributed by atoms with Gasteiger partial charge in [0.15, 0.2) is 11.5 Å². The SMILES string of the molecule is COc1c(Br)cc(Br)cc1Oc1cc(O)c(Br)c(Br)c1. The number of hydrogen-bond acceptors (Lipinski definition) is 3. The van der Waals surface area contributed by atoms with Crippen molar-refractivity contribution in [3.05, 3.63) is 42.2 Å². The maximum absolute atomic E-state index is 9.79. The molecule has 0 aliphatic heterocycles. The summed E-state index contributed by atoms with van der Waals surface area (Å²) in [6.45, 7) is 0. The maximum atomic E-state index is 9.79. The molecule has 0 aliphatic rings. The van der Waals surface area contributed by atoms with Gasteiger partial charge in [-0.25, -0.2) is 0 Å². The van der Waals surface area contributed by atoms with E-state index in [2.05, 4.69) is 63.7 Å². The van der Waals surface area contributed by atoms with Gasteiger partial charge >= 0.3 is 0 Å². The summed E-state index contributed by atoms with van der Waals surface area (Å²) in [6, 6.07) is 6.92. The third kappa shape index (κ3) is 3.50. The molecule has 0 aliphatic carbocycles. The number of benzene rings is 2. The van der Waals surface area contributed by atoms with Crippen molar-refractivity contribution in [1.82, 2.24) is 0 Å². The Kier molecular flexibility index (Phi) is 5.39. The van der Waals surface area contributed by atoms with Crippen LogP contribution in [0.5, 0.6) is 23.0 Å². The second kappa shape index (κ2) is 6.68. The largest absolute Gasteiger partial charge is 0.507 e. The molecule has 0 aromatic heterocycles. The van der Waals surface area contributed by atoms with Gasteiger partial charge in [-0.1, -0.05) is 15.9 Å². The molecule has 0 unspecified atom stereocenters. The summed E-state index contributed by atoms with van der Waals surface area (Å²) in [5.41, 5.74) is 0. The number of phenols is 1. The second-order valence-corrected chi connectivity index (χ2v) is 7.18. The van der Waals surface area contributed by atoms with Crippen LogP contribution in [-0.4, -0.2) is 12.2 Å². The maximum Gasteiger partial charge on any atom is 0.175 e. The Morgan fingerprint density at radius 1 is 0.950 bits per heavy atom. The lowest BCUT2D eigenvalue weighted by Crippen LogP contribution is -1.92. The van der Waals surface area contributed by atoms with Crippen LogP contribution in [0.4, 0.5) is 0 Å². The van der Waals surface area contributed by atoms with Gasteiger partial charge in [0.1, 0.15) is 11.5 Å². The van der Waals surface area contributed by atoms with Crippen LogP contribution < -0.4 is 9.47 Å². The molecule has 0 saturated heterocycles. The van der Waals surface area contributed by atoms with Crippen molar-refractivity contribution in [3.63, 3.8) is 0 Å². The zero-order chi connectivity index (χ0) is 14.9. The normalized spacial score (nSPS) is 10.4. The molecule has 3 nitrogen and oxygen atoms in total. The summed E-state index contributed by atoms with van der Waals surface area (Å²) >= 11 is 13.4. The van der Waals surface area contributed by atoms with Gasteiger partial charge in [0, 0.05) is 15.0 Å². The van der Waals surface area contributed by atoms with Gasteiger partial charge in [-0.05, 0) is 66.0 Å². The van der Waals surface area contributed by atoms with Crippen molar-refractivity contribution in [3.8, 4) is 23.0 Å². The number of aromatic hydroxyl groups is 1. The summed E-state index contributed by atoms with van der Waals surface area (Å²) < 4.78 is 14.0. The van der Waals surface area contributed by atoms with Crippen molar-refractivity contribution < 1.29 is 14.6 Å². The molecule has 2 rings (SSSR count).